The van der Waals surface area contributed by atoms with E-state index in [1.807, 2.05) is 0 Å². The molecule has 1 N–H and O–H groups in total. The predicted octanol–water partition coefficient (Wildman–Crippen LogP) is -0.890. The van der Waals surface area contributed by atoms with Crippen molar-refractivity contribution in [2.45, 2.75) is 24.5 Å². The summed E-state index contributed by atoms with van der Waals surface area (Å²) in [5, 5.41) is 0. The van der Waals surface area contributed by atoms with Crippen molar-refractivity contribution in [3.63, 3.8) is 0 Å². The van der Waals surface area contributed by atoms with Gasteiger partial charge in [0.25, 0.3) is 5.56 Å². The Morgan fingerprint density at radius 3 is 2.50 bits per heavy atom. The van der Waals surface area contributed by atoms with Crippen molar-refractivity contribution < 1.29 is 18.9 Å². The van der Waals surface area contributed by atoms with E-state index in [2.05, 4.69) is 4.98 Å². The Morgan fingerprint density at radius 2 is 1.95 bits per heavy atom. The maximum Gasteiger partial charge on any atom is 0.330 e. The zero-order valence-electron chi connectivity index (χ0n) is 11.6. The van der Waals surface area contributed by atoms with Crippen LogP contribution < -0.4 is 11.2 Å². The molecule has 0 radical (unpaired) electrons. The Bertz CT molecular complexity index is 553. The van der Waals surface area contributed by atoms with Crippen molar-refractivity contribution in [3.8, 4) is 0 Å². The molecule has 1 aliphatic heterocycles. The van der Waals surface area contributed by atoms with Gasteiger partial charge in [0.05, 0.1) is 6.61 Å². The highest BCUT2D eigenvalue weighted by atomic mass is 16.6. The Kier molecular flexibility index (Phi) is 4.71. The minimum absolute atomic E-state index is 0.312. The standard InChI is InChI=1S/C12H18N2O6/c1-17-6-7-9(18-2)10(19-3)11(20-7)14-5-4-8(15)13-12(14)16/h4-5,7,9-11H,6H2,1-3H3,(H,13,15,16)/t7-,9?,10?,11-/m1/s1. The van der Waals surface area contributed by atoms with Crippen LogP contribution in [0.3, 0.4) is 0 Å². The van der Waals surface area contributed by atoms with Crippen molar-refractivity contribution in [1.82, 2.24) is 9.55 Å². The molecule has 112 valence electrons. The molecule has 1 aromatic rings. The summed E-state index contributed by atoms with van der Waals surface area (Å²) >= 11 is 0. The Hall–Kier alpha value is -1.48. The van der Waals surface area contributed by atoms with Crippen LogP contribution in [0.25, 0.3) is 0 Å². The number of aromatic nitrogens is 2. The van der Waals surface area contributed by atoms with Crippen LogP contribution in [-0.4, -0.2) is 55.8 Å². The summed E-state index contributed by atoms with van der Waals surface area (Å²) in [6, 6.07) is 1.25. The molecule has 0 spiro atoms. The summed E-state index contributed by atoms with van der Waals surface area (Å²) < 4.78 is 22.9. The van der Waals surface area contributed by atoms with Crippen LogP contribution in [0.5, 0.6) is 0 Å². The Morgan fingerprint density at radius 1 is 1.25 bits per heavy atom. The molecule has 2 heterocycles. The molecule has 1 aromatic heterocycles. The summed E-state index contributed by atoms with van der Waals surface area (Å²) in [6.45, 7) is 0.312. The third-order valence-corrected chi connectivity index (χ3v) is 3.29. The lowest BCUT2D eigenvalue weighted by atomic mass is 10.1. The van der Waals surface area contributed by atoms with Crippen molar-refractivity contribution >= 4 is 0 Å². The van der Waals surface area contributed by atoms with Crippen LogP contribution >= 0.6 is 0 Å². The van der Waals surface area contributed by atoms with Gasteiger partial charge in [-0.1, -0.05) is 0 Å². The van der Waals surface area contributed by atoms with Gasteiger partial charge in [0.2, 0.25) is 0 Å². The second-order valence-electron chi connectivity index (χ2n) is 4.44. The number of hydrogen-bond donors (Lipinski definition) is 1. The molecule has 8 heteroatoms. The van der Waals surface area contributed by atoms with Crippen molar-refractivity contribution in [1.29, 1.82) is 0 Å². The third kappa shape index (κ3) is 2.68. The number of nitrogens with one attached hydrogen (secondary N) is 1. The van der Waals surface area contributed by atoms with E-state index in [0.717, 1.165) is 0 Å². The van der Waals surface area contributed by atoms with E-state index in [-0.39, 0.29) is 12.2 Å². The van der Waals surface area contributed by atoms with E-state index < -0.39 is 23.6 Å². The molecule has 2 rings (SSSR count). The minimum atomic E-state index is -0.686. The number of methoxy groups -OCH3 is 3. The number of rotatable bonds is 5. The number of H-pyrrole nitrogens is 1. The fourth-order valence-corrected chi connectivity index (χ4v) is 2.39. The lowest BCUT2D eigenvalue weighted by molar-refractivity contribution is -0.0673. The van der Waals surface area contributed by atoms with E-state index in [1.54, 1.807) is 14.2 Å². The average molecular weight is 286 g/mol. The maximum absolute atomic E-state index is 11.8. The lowest BCUT2D eigenvalue weighted by Crippen LogP contribution is -2.39. The van der Waals surface area contributed by atoms with Gasteiger partial charge in [-0.3, -0.25) is 14.3 Å². The molecular formula is C12H18N2O6. The third-order valence-electron chi connectivity index (χ3n) is 3.29. The van der Waals surface area contributed by atoms with Gasteiger partial charge in [-0.25, -0.2) is 4.79 Å². The molecule has 0 aliphatic carbocycles. The van der Waals surface area contributed by atoms with E-state index in [0.29, 0.717) is 6.61 Å². The molecule has 4 atom stereocenters. The van der Waals surface area contributed by atoms with Gasteiger partial charge in [-0.15, -0.1) is 0 Å². The molecule has 0 saturated carbocycles. The van der Waals surface area contributed by atoms with Gasteiger partial charge < -0.3 is 18.9 Å². The largest absolute Gasteiger partial charge is 0.382 e. The molecule has 1 aliphatic rings. The number of hydrogen-bond acceptors (Lipinski definition) is 6. The summed E-state index contributed by atoms with van der Waals surface area (Å²) in [7, 11) is 4.61. The van der Waals surface area contributed by atoms with Crippen LogP contribution in [0.2, 0.25) is 0 Å². The fourth-order valence-electron chi connectivity index (χ4n) is 2.39. The molecule has 8 nitrogen and oxygen atoms in total. The smallest absolute Gasteiger partial charge is 0.330 e. The van der Waals surface area contributed by atoms with Crippen molar-refractivity contribution in [2.24, 2.45) is 0 Å². The predicted molar refractivity (Wildman–Crippen MR) is 68.7 cm³/mol. The van der Waals surface area contributed by atoms with Gasteiger partial charge in [-0.05, 0) is 0 Å². The zero-order valence-corrected chi connectivity index (χ0v) is 11.6. The fraction of sp³-hybridized carbons (Fsp3) is 0.667. The second kappa shape index (κ2) is 6.31. The van der Waals surface area contributed by atoms with Crippen LogP contribution in [0, 0.1) is 0 Å². The highest BCUT2D eigenvalue weighted by Crippen LogP contribution is 2.32. The highest BCUT2D eigenvalue weighted by molar-refractivity contribution is 4.94. The Balaban J connectivity index is 2.35. The van der Waals surface area contributed by atoms with Gasteiger partial charge in [0.1, 0.15) is 18.3 Å². The zero-order chi connectivity index (χ0) is 14.7. The monoisotopic (exact) mass is 286 g/mol. The quantitative estimate of drug-likeness (QED) is 0.755. The SMILES string of the molecule is COC[C@H]1O[C@@H](n2ccc(=O)[nH]c2=O)C(OC)C1OC. The first-order valence-corrected chi connectivity index (χ1v) is 6.13. The van der Waals surface area contributed by atoms with Crippen LogP contribution in [0.1, 0.15) is 6.23 Å². The second-order valence-corrected chi connectivity index (χ2v) is 4.44. The summed E-state index contributed by atoms with van der Waals surface area (Å²) in [5.74, 6) is 0. The molecule has 1 saturated heterocycles. The number of nitrogens with zero attached hydrogens (tertiary/aromatic N) is 1. The van der Waals surface area contributed by atoms with E-state index in [4.69, 9.17) is 18.9 Å². The van der Waals surface area contributed by atoms with Crippen molar-refractivity contribution in [3.05, 3.63) is 33.1 Å². The molecule has 0 bridgehead atoms. The van der Waals surface area contributed by atoms with Gasteiger partial charge >= 0.3 is 5.69 Å². The Labute approximate surface area is 115 Å². The summed E-state index contributed by atoms with van der Waals surface area (Å²) in [5.41, 5.74) is -1.02. The minimum Gasteiger partial charge on any atom is -0.382 e. The average Bonchev–Trinajstić information content (AvgIpc) is 2.76. The van der Waals surface area contributed by atoms with Crippen LogP contribution in [0.4, 0.5) is 0 Å². The molecular weight excluding hydrogens is 268 g/mol. The van der Waals surface area contributed by atoms with Crippen LogP contribution in [0.15, 0.2) is 21.9 Å². The molecule has 1 fully saturated rings. The highest BCUT2D eigenvalue weighted by Gasteiger charge is 2.46. The number of ether oxygens (including phenoxy) is 4. The first-order valence-electron chi connectivity index (χ1n) is 6.13. The summed E-state index contributed by atoms with van der Waals surface area (Å²) in [4.78, 5) is 25.1. The number of aromatic amines is 1. The lowest BCUT2D eigenvalue weighted by Gasteiger charge is -2.22. The van der Waals surface area contributed by atoms with Gasteiger partial charge in [0.15, 0.2) is 6.23 Å². The first kappa shape index (κ1) is 14.9. The van der Waals surface area contributed by atoms with Crippen molar-refractivity contribution in [2.75, 3.05) is 27.9 Å². The van der Waals surface area contributed by atoms with E-state index in [1.165, 1.54) is 23.9 Å². The normalized spacial score (nSPS) is 29.8. The molecule has 0 aromatic carbocycles. The molecule has 20 heavy (non-hydrogen) atoms. The van der Waals surface area contributed by atoms with E-state index in [9.17, 15) is 9.59 Å². The van der Waals surface area contributed by atoms with Crippen LogP contribution in [-0.2, 0) is 18.9 Å². The molecule has 0 amide bonds. The topological polar surface area (TPSA) is 91.8 Å². The summed E-state index contributed by atoms with van der Waals surface area (Å²) in [6.07, 6.45) is -0.527. The maximum atomic E-state index is 11.8. The van der Waals surface area contributed by atoms with E-state index >= 15 is 0 Å². The molecule has 2 unspecified atom stereocenters. The first-order chi connectivity index (χ1) is 9.62. The van der Waals surface area contributed by atoms with Gasteiger partial charge in [-0.2, -0.15) is 0 Å². The van der Waals surface area contributed by atoms with Gasteiger partial charge in [0, 0.05) is 33.6 Å².